The monoisotopic (exact) mass is 358 g/mol. The molecule has 1 saturated heterocycles. The molecule has 2 rings (SSSR count). The Kier molecular flexibility index (Phi) is 5.70. The molecule has 0 saturated carbocycles. The molecule has 1 heterocycles. The van der Waals surface area contributed by atoms with Gasteiger partial charge in [-0.3, -0.25) is 10.1 Å². The zero-order valence-electron chi connectivity index (χ0n) is 13.6. The van der Waals surface area contributed by atoms with E-state index in [0.29, 0.717) is 11.4 Å². The number of sulfone groups is 1. The standard InChI is InChI=1S/C16H23ClN2O3S/c1-11(13-5-4-6-14(17)9-13)18-12(2)16(20)19(3)15-7-8-23(21,22)10-15/h4-6,9,11-12,15,18H,7-8,10H2,1-3H3/t11-,12-,15+/m0/s1. The van der Waals surface area contributed by atoms with E-state index in [9.17, 15) is 13.2 Å². The number of rotatable bonds is 5. The molecule has 23 heavy (non-hydrogen) atoms. The number of nitrogens with zero attached hydrogens (tertiary/aromatic N) is 1. The van der Waals surface area contributed by atoms with Crippen molar-refractivity contribution < 1.29 is 13.2 Å². The van der Waals surface area contributed by atoms with E-state index in [-0.39, 0.29) is 29.5 Å². The number of hydrogen-bond donors (Lipinski definition) is 1. The van der Waals surface area contributed by atoms with Gasteiger partial charge in [-0.25, -0.2) is 8.42 Å². The third-order valence-electron chi connectivity index (χ3n) is 4.32. The fourth-order valence-electron chi connectivity index (χ4n) is 2.88. The molecule has 3 atom stereocenters. The van der Waals surface area contributed by atoms with Crippen molar-refractivity contribution in [2.45, 2.75) is 38.4 Å². The lowest BCUT2D eigenvalue weighted by atomic mass is 10.1. The molecule has 1 amide bonds. The lowest BCUT2D eigenvalue weighted by molar-refractivity contribution is -0.133. The Morgan fingerprint density at radius 3 is 2.65 bits per heavy atom. The maximum Gasteiger partial charge on any atom is 0.239 e. The van der Waals surface area contributed by atoms with Crippen LogP contribution in [0.2, 0.25) is 5.02 Å². The van der Waals surface area contributed by atoms with Gasteiger partial charge in [-0.2, -0.15) is 0 Å². The molecule has 1 fully saturated rings. The van der Waals surface area contributed by atoms with Gasteiger partial charge in [0.1, 0.15) is 0 Å². The predicted molar refractivity (Wildman–Crippen MR) is 92.3 cm³/mol. The highest BCUT2D eigenvalue weighted by Gasteiger charge is 2.34. The van der Waals surface area contributed by atoms with Crippen LogP contribution in [0.1, 0.15) is 31.9 Å². The van der Waals surface area contributed by atoms with Crippen LogP contribution in [0.3, 0.4) is 0 Å². The highest BCUT2D eigenvalue weighted by atomic mass is 35.5. The fourth-order valence-corrected chi connectivity index (χ4v) is 4.86. The van der Waals surface area contributed by atoms with Crippen molar-refractivity contribution in [1.29, 1.82) is 0 Å². The Labute approximate surface area is 142 Å². The Balaban J connectivity index is 1.97. The van der Waals surface area contributed by atoms with Gasteiger partial charge in [-0.1, -0.05) is 23.7 Å². The minimum absolute atomic E-state index is 0.0339. The highest BCUT2D eigenvalue weighted by Crippen LogP contribution is 2.20. The van der Waals surface area contributed by atoms with Crippen LogP contribution < -0.4 is 5.32 Å². The average Bonchev–Trinajstić information content (AvgIpc) is 2.85. The van der Waals surface area contributed by atoms with Crippen LogP contribution in [0.4, 0.5) is 0 Å². The Bertz CT molecular complexity index is 678. The first-order valence-corrected chi connectivity index (χ1v) is 9.88. The zero-order chi connectivity index (χ0) is 17.2. The zero-order valence-corrected chi connectivity index (χ0v) is 15.2. The second kappa shape index (κ2) is 7.20. The van der Waals surface area contributed by atoms with Crippen LogP contribution in [0.5, 0.6) is 0 Å². The molecule has 1 N–H and O–H groups in total. The van der Waals surface area contributed by atoms with Gasteiger partial charge in [0.25, 0.3) is 0 Å². The lowest BCUT2D eigenvalue weighted by Crippen LogP contribution is -2.48. The molecule has 1 aromatic rings. The van der Waals surface area contributed by atoms with Gasteiger partial charge < -0.3 is 4.90 Å². The van der Waals surface area contributed by atoms with E-state index in [1.807, 2.05) is 25.1 Å². The van der Waals surface area contributed by atoms with Crippen molar-refractivity contribution in [2.75, 3.05) is 18.6 Å². The van der Waals surface area contributed by atoms with E-state index in [1.54, 1.807) is 24.9 Å². The normalized spacial score (nSPS) is 22.5. The average molecular weight is 359 g/mol. The smallest absolute Gasteiger partial charge is 0.239 e. The first-order valence-electron chi connectivity index (χ1n) is 7.68. The molecule has 7 heteroatoms. The van der Waals surface area contributed by atoms with Crippen molar-refractivity contribution in [3.63, 3.8) is 0 Å². The van der Waals surface area contributed by atoms with E-state index in [4.69, 9.17) is 11.6 Å². The summed E-state index contributed by atoms with van der Waals surface area (Å²) in [6.45, 7) is 3.76. The van der Waals surface area contributed by atoms with Gasteiger partial charge in [-0.15, -0.1) is 0 Å². The molecule has 0 aliphatic carbocycles. The Morgan fingerprint density at radius 2 is 2.09 bits per heavy atom. The molecule has 1 aliphatic heterocycles. The van der Waals surface area contributed by atoms with Crippen LogP contribution in [0.15, 0.2) is 24.3 Å². The van der Waals surface area contributed by atoms with E-state index in [0.717, 1.165) is 5.56 Å². The third-order valence-corrected chi connectivity index (χ3v) is 6.31. The summed E-state index contributed by atoms with van der Waals surface area (Å²) < 4.78 is 23.1. The molecular formula is C16H23ClN2O3S. The van der Waals surface area contributed by atoms with Crippen molar-refractivity contribution >= 4 is 27.3 Å². The van der Waals surface area contributed by atoms with Gasteiger partial charge >= 0.3 is 0 Å². The number of nitrogens with one attached hydrogen (secondary N) is 1. The summed E-state index contributed by atoms with van der Waals surface area (Å²) >= 11 is 5.99. The fraction of sp³-hybridized carbons (Fsp3) is 0.562. The second-order valence-electron chi connectivity index (χ2n) is 6.17. The van der Waals surface area contributed by atoms with Gasteiger partial charge in [0.15, 0.2) is 9.84 Å². The number of hydrogen-bond acceptors (Lipinski definition) is 4. The molecule has 128 valence electrons. The first kappa shape index (κ1) is 18.2. The lowest BCUT2D eigenvalue weighted by Gasteiger charge is -2.28. The number of amides is 1. The van der Waals surface area contributed by atoms with Crippen molar-refractivity contribution in [1.82, 2.24) is 10.2 Å². The second-order valence-corrected chi connectivity index (χ2v) is 8.84. The molecule has 0 unspecified atom stereocenters. The van der Waals surface area contributed by atoms with Crippen LogP contribution in [0.25, 0.3) is 0 Å². The predicted octanol–water partition coefficient (Wildman–Crippen LogP) is 2.02. The molecule has 0 radical (unpaired) electrons. The number of likely N-dealkylation sites (N-methyl/N-ethyl adjacent to an activating group) is 1. The maximum absolute atomic E-state index is 12.5. The summed E-state index contributed by atoms with van der Waals surface area (Å²) in [6, 6.07) is 6.83. The van der Waals surface area contributed by atoms with Gasteiger partial charge in [0, 0.05) is 24.2 Å². The van der Waals surface area contributed by atoms with E-state index < -0.39 is 15.9 Å². The topological polar surface area (TPSA) is 66.5 Å². The summed E-state index contributed by atoms with van der Waals surface area (Å²) in [7, 11) is -1.32. The summed E-state index contributed by atoms with van der Waals surface area (Å²) in [6.07, 6.45) is 0.515. The minimum atomic E-state index is -3.00. The Morgan fingerprint density at radius 1 is 1.39 bits per heavy atom. The van der Waals surface area contributed by atoms with Crippen LogP contribution >= 0.6 is 11.6 Å². The highest BCUT2D eigenvalue weighted by molar-refractivity contribution is 7.91. The van der Waals surface area contributed by atoms with Gasteiger partial charge in [0.05, 0.1) is 17.5 Å². The number of benzene rings is 1. The SMILES string of the molecule is C[C@H](N[C@@H](C)c1cccc(Cl)c1)C(=O)N(C)[C@@H]1CCS(=O)(=O)C1. The maximum atomic E-state index is 12.5. The quantitative estimate of drug-likeness (QED) is 0.874. The first-order chi connectivity index (χ1) is 10.7. The Hall–Kier alpha value is -1.11. The summed E-state index contributed by atoms with van der Waals surface area (Å²) in [5.74, 6) is 0.128. The molecule has 0 bridgehead atoms. The van der Waals surface area contributed by atoms with Gasteiger partial charge in [0.2, 0.25) is 5.91 Å². The number of halogens is 1. The van der Waals surface area contributed by atoms with Gasteiger partial charge in [-0.05, 0) is 38.0 Å². The van der Waals surface area contributed by atoms with Crippen molar-refractivity contribution in [2.24, 2.45) is 0 Å². The summed E-state index contributed by atoms with van der Waals surface area (Å²) in [4.78, 5) is 14.1. The third kappa shape index (κ3) is 4.68. The van der Waals surface area contributed by atoms with Crippen LogP contribution in [0, 0.1) is 0 Å². The molecular weight excluding hydrogens is 336 g/mol. The molecule has 1 aromatic carbocycles. The van der Waals surface area contributed by atoms with Crippen LogP contribution in [-0.2, 0) is 14.6 Å². The molecule has 0 aromatic heterocycles. The molecule has 1 aliphatic rings. The number of carbonyl (C=O) groups excluding carboxylic acids is 1. The largest absolute Gasteiger partial charge is 0.340 e. The minimum Gasteiger partial charge on any atom is -0.340 e. The van der Waals surface area contributed by atoms with E-state index in [1.165, 1.54) is 0 Å². The number of carbonyl (C=O) groups is 1. The van der Waals surface area contributed by atoms with E-state index >= 15 is 0 Å². The van der Waals surface area contributed by atoms with Crippen molar-refractivity contribution in [3.05, 3.63) is 34.9 Å². The van der Waals surface area contributed by atoms with Crippen molar-refractivity contribution in [3.8, 4) is 0 Å². The molecule has 0 spiro atoms. The van der Waals surface area contributed by atoms with E-state index in [2.05, 4.69) is 5.32 Å². The molecule has 5 nitrogen and oxygen atoms in total. The van der Waals surface area contributed by atoms with Crippen LogP contribution in [-0.4, -0.2) is 49.9 Å². The summed E-state index contributed by atoms with van der Waals surface area (Å²) in [5, 5.41) is 3.90. The summed E-state index contributed by atoms with van der Waals surface area (Å²) in [5.41, 5.74) is 1.00.